The molecule has 0 fully saturated rings. The van der Waals surface area contributed by atoms with Gasteiger partial charge in [0.25, 0.3) is 0 Å². The van der Waals surface area contributed by atoms with Gasteiger partial charge in [0, 0.05) is 4.43 Å². The van der Waals surface area contributed by atoms with Crippen LogP contribution in [0, 0.1) is 5.82 Å². The lowest BCUT2D eigenvalue weighted by Crippen LogP contribution is -2.08. The van der Waals surface area contributed by atoms with E-state index in [0.717, 1.165) is 9.99 Å². The zero-order valence-corrected chi connectivity index (χ0v) is 7.43. The highest BCUT2D eigenvalue weighted by atomic mass is 127. The maximum atomic E-state index is 12.4. The maximum absolute atomic E-state index is 12.4. The number of hydrogen-bond acceptors (Lipinski definition) is 0. The molecule has 3 heteroatoms. The highest BCUT2D eigenvalue weighted by Crippen LogP contribution is 2.03. The van der Waals surface area contributed by atoms with Crippen molar-refractivity contribution in [3.05, 3.63) is 29.6 Å². The lowest BCUT2D eigenvalue weighted by molar-refractivity contribution is 0.628. The summed E-state index contributed by atoms with van der Waals surface area (Å²) < 4.78 is 13.2. The van der Waals surface area contributed by atoms with Crippen LogP contribution in [0.3, 0.4) is 0 Å². The van der Waals surface area contributed by atoms with Gasteiger partial charge in [0.05, 0.1) is 0 Å². The Morgan fingerprint density at radius 3 is 2.70 bits per heavy atom. The van der Waals surface area contributed by atoms with Crippen LogP contribution in [0.25, 0.3) is 0 Å². The Morgan fingerprint density at radius 1 is 1.50 bits per heavy atom. The molecule has 2 radical (unpaired) electrons. The van der Waals surface area contributed by atoms with Crippen molar-refractivity contribution < 1.29 is 4.39 Å². The summed E-state index contributed by atoms with van der Waals surface area (Å²) in [5.41, 5.74) is 1.52. The molecule has 0 saturated carbocycles. The van der Waals surface area contributed by atoms with Gasteiger partial charge in [-0.05, 0) is 17.7 Å². The van der Waals surface area contributed by atoms with E-state index >= 15 is 0 Å². The van der Waals surface area contributed by atoms with E-state index in [-0.39, 0.29) is 5.82 Å². The van der Waals surface area contributed by atoms with Crippen molar-refractivity contribution in [3.8, 4) is 0 Å². The molecule has 1 rings (SSSR count). The molecular formula is C7H5BFI. The van der Waals surface area contributed by atoms with Crippen LogP contribution in [-0.4, -0.2) is 7.85 Å². The third-order valence-electron chi connectivity index (χ3n) is 1.25. The van der Waals surface area contributed by atoms with Crippen LogP contribution in [0.1, 0.15) is 5.56 Å². The van der Waals surface area contributed by atoms with Gasteiger partial charge in [-0.25, -0.2) is 4.39 Å². The summed E-state index contributed by atoms with van der Waals surface area (Å²) in [5.74, 6) is -0.272. The molecule has 0 nitrogen and oxygen atoms in total. The van der Waals surface area contributed by atoms with Crippen LogP contribution < -0.4 is 5.46 Å². The van der Waals surface area contributed by atoms with E-state index in [4.69, 9.17) is 7.85 Å². The first-order valence-electron chi connectivity index (χ1n) is 2.84. The smallest absolute Gasteiger partial charge is 0.122 e. The Labute approximate surface area is 74.4 Å². The van der Waals surface area contributed by atoms with Crippen molar-refractivity contribution in [3.63, 3.8) is 0 Å². The van der Waals surface area contributed by atoms with E-state index in [1.165, 1.54) is 12.1 Å². The molecular weight excluding hydrogens is 241 g/mol. The minimum Gasteiger partial charge on any atom is -0.207 e. The minimum atomic E-state index is -0.272. The summed E-state index contributed by atoms with van der Waals surface area (Å²) in [6, 6.07) is 4.47. The molecule has 0 aliphatic rings. The van der Waals surface area contributed by atoms with E-state index in [2.05, 4.69) is 22.6 Å². The molecule has 0 heterocycles. The van der Waals surface area contributed by atoms with Gasteiger partial charge in [0.2, 0.25) is 0 Å². The number of halogens is 2. The van der Waals surface area contributed by atoms with Crippen molar-refractivity contribution in [2.75, 3.05) is 0 Å². The molecule has 0 saturated heterocycles. The topological polar surface area (TPSA) is 0 Å². The number of benzene rings is 1. The maximum Gasteiger partial charge on any atom is 0.122 e. The number of rotatable bonds is 1. The van der Waals surface area contributed by atoms with Crippen molar-refractivity contribution in [2.24, 2.45) is 0 Å². The minimum absolute atomic E-state index is 0.272. The van der Waals surface area contributed by atoms with Crippen LogP contribution in [0.5, 0.6) is 0 Å². The predicted molar refractivity (Wildman–Crippen MR) is 49.5 cm³/mol. The van der Waals surface area contributed by atoms with Crippen LogP contribution in [0.15, 0.2) is 18.2 Å². The van der Waals surface area contributed by atoms with E-state index in [1.807, 2.05) is 0 Å². The van der Waals surface area contributed by atoms with Crippen molar-refractivity contribution in [1.82, 2.24) is 0 Å². The van der Waals surface area contributed by atoms with Gasteiger partial charge in [-0.1, -0.05) is 34.1 Å². The molecule has 1 aromatic carbocycles. The summed E-state index contributed by atoms with van der Waals surface area (Å²) in [6.07, 6.45) is 0. The fourth-order valence-electron chi connectivity index (χ4n) is 0.687. The molecule has 0 bridgehead atoms. The van der Waals surface area contributed by atoms with E-state index in [0.29, 0.717) is 5.46 Å². The van der Waals surface area contributed by atoms with Gasteiger partial charge in [0.15, 0.2) is 0 Å². The zero-order valence-electron chi connectivity index (χ0n) is 5.27. The number of alkyl halides is 1. The van der Waals surface area contributed by atoms with Crippen LogP contribution >= 0.6 is 22.6 Å². The van der Waals surface area contributed by atoms with Gasteiger partial charge in [-0.15, -0.1) is 0 Å². The Hall–Kier alpha value is -0.0551. The summed E-state index contributed by atoms with van der Waals surface area (Å²) >= 11 is 2.19. The lowest BCUT2D eigenvalue weighted by atomic mass is 9.91. The Morgan fingerprint density at radius 2 is 2.20 bits per heavy atom. The standard InChI is InChI=1S/C7H5BFI/c8-7-3-6(9)2-1-5(7)4-10/h1-3H,4H2. The van der Waals surface area contributed by atoms with Crippen LogP contribution in [-0.2, 0) is 4.43 Å². The summed E-state index contributed by atoms with van der Waals surface area (Å²) in [6.45, 7) is 0. The molecule has 0 aliphatic heterocycles. The zero-order chi connectivity index (χ0) is 7.56. The first-order valence-corrected chi connectivity index (χ1v) is 4.36. The predicted octanol–water partition coefficient (Wildman–Crippen LogP) is 1.55. The van der Waals surface area contributed by atoms with Crippen molar-refractivity contribution >= 4 is 35.9 Å². The summed E-state index contributed by atoms with van der Waals surface area (Å²) in [4.78, 5) is 0. The first-order chi connectivity index (χ1) is 4.74. The third kappa shape index (κ3) is 1.72. The second-order valence-corrected chi connectivity index (χ2v) is 2.74. The monoisotopic (exact) mass is 246 g/mol. The molecule has 0 unspecified atom stereocenters. The van der Waals surface area contributed by atoms with E-state index < -0.39 is 0 Å². The molecule has 50 valence electrons. The number of hydrogen-bond donors (Lipinski definition) is 0. The Bertz CT molecular complexity index is 237. The average molecular weight is 246 g/mol. The SMILES string of the molecule is [B]c1cc(F)ccc1CI. The fraction of sp³-hybridized carbons (Fsp3) is 0.143. The van der Waals surface area contributed by atoms with Gasteiger partial charge in [-0.2, -0.15) is 0 Å². The quantitative estimate of drug-likeness (QED) is 0.400. The summed E-state index contributed by atoms with van der Waals surface area (Å²) in [5, 5.41) is 0. The Balaban J connectivity index is 3.07. The van der Waals surface area contributed by atoms with Crippen LogP contribution in [0.4, 0.5) is 4.39 Å². The molecule has 1 aromatic rings. The Kier molecular flexibility index (Phi) is 2.71. The van der Waals surface area contributed by atoms with Gasteiger partial charge < -0.3 is 0 Å². The van der Waals surface area contributed by atoms with Gasteiger partial charge >= 0.3 is 0 Å². The summed E-state index contributed by atoms with van der Waals surface area (Å²) in [7, 11) is 5.49. The molecule has 0 aromatic heterocycles. The highest BCUT2D eigenvalue weighted by molar-refractivity contribution is 14.1. The largest absolute Gasteiger partial charge is 0.207 e. The molecule has 0 aliphatic carbocycles. The second-order valence-electron chi connectivity index (χ2n) is 1.98. The van der Waals surface area contributed by atoms with E-state index in [1.54, 1.807) is 6.07 Å². The molecule has 10 heavy (non-hydrogen) atoms. The molecule has 0 atom stereocenters. The highest BCUT2D eigenvalue weighted by Gasteiger charge is 1.95. The van der Waals surface area contributed by atoms with Gasteiger partial charge in [0.1, 0.15) is 13.7 Å². The van der Waals surface area contributed by atoms with Crippen molar-refractivity contribution in [2.45, 2.75) is 4.43 Å². The molecule has 0 spiro atoms. The van der Waals surface area contributed by atoms with E-state index in [9.17, 15) is 4.39 Å². The average Bonchev–Trinajstić information content (AvgIpc) is 1.88. The lowest BCUT2D eigenvalue weighted by Gasteiger charge is -2.00. The second kappa shape index (κ2) is 3.37. The third-order valence-corrected chi connectivity index (χ3v) is 2.07. The first kappa shape index (κ1) is 8.05. The van der Waals surface area contributed by atoms with Gasteiger partial charge in [-0.3, -0.25) is 0 Å². The fourth-order valence-corrected chi connectivity index (χ4v) is 1.38. The van der Waals surface area contributed by atoms with Crippen LogP contribution in [0.2, 0.25) is 0 Å². The van der Waals surface area contributed by atoms with Crippen molar-refractivity contribution in [1.29, 1.82) is 0 Å². The normalized spacial score (nSPS) is 9.80. The molecule has 0 N–H and O–H groups in total. The molecule has 0 amide bonds.